The van der Waals surface area contributed by atoms with Crippen LogP contribution in [-0.2, 0) is 25.5 Å². The van der Waals surface area contributed by atoms with E-state index in [0.717, 1.165) is 16.7 Å². The minimum absolute atomic E-state index is 0.140. The molecule has 2 atom stereocenters. The number of carbonyl (C=O) groups is 3. The molecule has 0 spiro atoms. The highest BCUT2D eigenvalue weighted by Crippen LogP contribution is 2.26. The molecule has 0 saturated carbocycles. The number of hydrogen-bond acceptors (Lipinski definition) is 5. The molecule has 0 aromatic heterocycles. The van der Waals surface area contributed by atoms with Gasteiger partial charge in [0.25, 0.3) is 0 Å². The minimum atomic E-state index is -1.10. The average Bonchev–Trinajstić information content (AvgIpc) is 2.71. The fourth-order valence-electron chi connectivity index (χ4n) is 2.84. The molecule has 0 saturated heterocycles. The lowest BCUT2D eigenvalue weighted by atomic mass is 9.92. The average molecular weight is 431 g/mol. The van der Waals surface area contributed by atoms with Gasteiger partial charge < -0.3 is 19.9 Å². The van der Waals surface area contributed by atoms with Crippen LogP contribution in [0.25, 0.3) is 11.1 Å². The Morgan fingerprint density at radius 2 is 1.65 bits per heavy atom. The number of esters is 1. The fraction of sp³-hybridized carbons (Fsp3) is 0.348. The van der Waals surface area contributed by atoms with Gasteiger partial charge in [0.2, 0.25) is 6.29 Å². The van der Waals surface area contributed by atoms with Crippen molar-refractivity contribution in [3.05, 3.63) is 59.9 Å². The van der Waals surface area contributed by atoms with Crippen molar-refractivity contribution in [1.82, 2.24) is 5.32 Å². The van der Waals surface area contributed by atoms with Crippen molar-refractivity contribution >= 4 is 18.0 Å². The molecule has 2 N–H and O–H groups in total. The van der Waals surface area contributed by atoms with E-state index < -0.39 is 30.2 Å². The van der Waals surface area contributed by atoms with Crippen LogP contribution in [0.3, 0.4) is 0 Å². The van der Waals surface area contributed by atoms with Gasteiger partial charge in [0.15, 0.2) is 0 Å². The summed E-state index contributed by atoms with van der Waals surface area (Å²) in [5.74, 6) is -3.26. The highest BCUT2D eigenvalue weighted by Gasteiger charge is 2.22. The standard InChI is InChI=1S/C23H26FNO6/c1-14(2)22(28)30-15(3)31-23(29)25-13-18(21(26)27)12-17-6-4-5-7-20(17)16-8-10-19(24)11-9-16/h4-11,14-15,18H,12-13H2,1-3H3,(H,25,29)(H,26,27)/t15-,18+/m1/s1. The van der Waals surface area contributed by atoms with E-state index in [4.69, 9.17) is 9.47 Å². The highest BCUT2D eigenvalue weighted by molar-refractivity contribution is 5.75. The first kappa shape index (κ1) is 23.9. The third-order valence-corrected chi connectivity index (χ3v) is 4.51. The van der Waals surface area contributed by atoms with Crippen LogP contribution in [0, 0.1) is 17.7 Å². The Morgan fingerprint density at radius 1 is 1.00 bits per heavy atom. The molecule has 0 fully saturated rings. The van der Waals surface area contributed by atoms with Crippen LogP contribution in [0.2, 0.25) is 0 Å². The zero-order valence-electron chi connectivity index (χ0n) is 17.6. The molecule has 0 aliphatic heterocycles. The molecule has 31 heavy (non-hydrogen) atoms. The maximum absolute atomic E-state index is 13.2. The number of aliphatic carboxylic acids is 1. The summed E-state index contributed by atoms with van der Waals surface area (Å²) in [6.07, 6.45) is -1.85. The lowest BCUT2D eigenvalue weighted by Gasteiger charge is -2.18. The van der Waals surface area contributed by atoms with E-state index >= 15 is 0 Å². The van der Waals surface area contributed by atoms with Gasteiger partial charge in [-0.05, 0) is 35.2 Å². The molecule has 7 nitrogen and oxygen atoms in total. The van der Waals surface area contributed by atoms with E-state index in [-0.39, 0.29) is 24.7 Å². The van der Waals surface area contributed by atoms with E-state index in [9.17, 15) is 23.9 Å². The summed E-state index contributed by atoms with van der Waals surface area (Å²) in [7, 11) is 0. The van der Waals surface area contributed by atoms with Crippen molar-refractivity contribution in [3.8, 4) is 11.1 Å². The van der Waals surface area contributed by atoms with Crippen LogP contribution in [0.1, 0.15) is 26.3 Å². The van der Waals surface area contributed by atoms with E-state index in [2.05, 4.69) is 5.32 Å². The molecule has 2 rings (SSSR count). The van der Waals surface area contributed by atoms with E-state index in [0.29, 0.717) is 0 Å². The molecule has 0 unspecified atom stereocenters. The van der Waals surface area contributed by atoms with Crippen molar-refractivity contribution < 1.29 is 33.4 Å². The van der Waals surface area contributed by atoms with Crippen LogP contribution in [0.5, 0.6) is 0 Å². The van der Waals surface area contributed by atoms with Gasteiger partial charge in [-0.1, -0.05) is 50.2 Å². The molecule has 0 bridgehead atoms. The van der Waals surface area contributed by atoms with Crippen molar-refractivity contribution in [2.45, 2.75) is 33.5 Å². The minimum Gasteiger partial charge on any atom is -0.481 e. The second kappa shape index (κ2) is 11.1. The molecular weight excluding hydrogens is 405 g/mol. The first-order chi connectivity index (χ1) is 14.7. The lowest BCUT2D eigenvalue weighted by molar-refractivity contribution is -0.168. The smallest absolute Gasteiger partial charge is 0.410 e. The zero-order chi connectivity index (χ0) is 23.0. The number of benzene rings is 2. The Morgan fingerprint density at radius 3 is 2.26 bits per heavy atom. The first-order valence-corrected chi connectivity index (χ1v) is 9.89. The maximum atomic E-state index is 13.2. The summed E-state index contributed by atoms with van der Waals surface area (Å²) in [5, 5.41) is 12.0. The first-order valence-electron chi connectivity index (χ1n) is 9.89. The third-order valence-electron chi connectivity index (χ3n) is 4.51. The van der Waals surface area contributed by atoms with E-state index in [1.165, 1.54) is 19.1 Å². The summed E-state index contributed by atoms with van der Waals surface area (Å²) >= 11 is 0. The number of rotatable bonds is 9. The van der Waals surface area contributed by atoms with Crippen LogP contribution >= 0.6 is 0 Å². The van der Waals surface area contributed by atoms with Gasteiger partial charge in [-0.15, -0.1) is 0 Å². The molecule has 0 aliphatic rings. The topological polar surface area (TPSA) is 102 Å². The molecular formula is C23H26FNO6. The molecule has 8 heteroatoms. The number of carboxylic acid groups (broad SMARTS) is 1. The van der Waals surface area contributed by atoms with Crippen molar-refractivity contribution in [2.24, 2.45) is 11.8 Å². The molecule has 166 valence electrons. The number of hydrogen-bond donors (Lipinski definition) is 2. The highest BCUT2D eigenvalue weighted by atomic mass is 19.1. The number of nitrogens with one attached hydrogen (secondary N) is 1. The Kier molecular flexibility index (Phi) is 8.54. The van der Waals surface area contributed by atoms with Gasteiger partial charge in [-0.25, -0.2) is 9.18 Å². The number of carboxylic acids is 1. The van der Waals surface area contributed by atoms with Crippen molar-refractivity contribution in [3.63, 3.8) is 0 Å². The van der Waals surface area contributed by atoms with E-state index in [1.54, 1.807) is 38.1 Å². The van der Waals surface area contributed by atoms with Crippen LogP contribution in [-0.4, -0.2) is 36.0 Å². The maximum Gasteiger partial charge on any atom is 0.410 e. The third kappa shape index (κ3) is 7.40. The summed E-state index contributed by atoms with van der Waals surface area (Å²) in [6.45, 7) is 4.51. The van der Waals surface area contributed by atoms with E-state index in [1.807, 2.05) is 12.1 Å². The van der Waals surface area contributed by atoms with Gasteiger partial charge in [-0.3, -0.25) is 9.59 Å². The molecule has 0 radical (unpaired) electrons. The zero-order valence-corrected chi connectivity index (χ0v) is 17.6. The predicted molar refractivity (Wildman–Crippen MR) is 112 cm³/mol. The Bertz CT molecular complexity index is 913. The summed E-state index contributed by atoms with van der Waals surface area (Å²) in [5.41, 5.74) is 2.29. The summed E-state index contributed by atoms with van der Waals surface area (Å²) in [6, 6.07) is 13.1. The Balaban J connectivity index is 2.01. The molecule has 2 aromatic rings. The number of halogens is 1. The molecule has 1 amide bonds. The number of carbonyl (C=O) groups excluding carboxylic acids is 2. The van der Waals surface area contributed by atoms with Gasteiger partial charge in [-0.2, -0.15) is 0 Å². The predicted octanol–water partition coefficient (Wildman–Crippen LogP) is 4.01. The van der Waals surface area contributed by atoms with Crippen LogP contribution in [0.15, 0.2) is 48.5 Å². The SMILES string of the molecule is CC(C)C(=O)O[C@@H](C)OC(=O)NC[C@H](Cc1ccccc1-c1ccc(F)cc1)C(=O)O. The second-order valence-electron chi connectivity index (χ2n) is 7.35. The Labute approximate surface area is 180 Å². The van der Waals surface area contributed by atoms with Gasteiger partial charge in [0.05, 0.1) is 11.8 Å². The number of ether oxygens (including phenoxy) is 2. The van der Waals surface area contributed by atoms with Gasteiger partial charge in [0.1, 0.15) is 5.82 Å². The molecule has 2 aromatic carbocycles. The fourth-order valence-corrected chi connectivity index (χ4v) is 2.84. The molecule has 0 aliphatic carbocycles. The number of amides is 1. The van der Waals surface area contributed by atoms with Crippen LogP contribution < -0.4 is 5.32 Å². The Hall–Kier alpha value is -3.42. The molecule has 0 heterocycles. The van der Waals surface area contributed by atoms with Gasteiger partial charge >= 0.3 is 18.0 Å². The number of alkyl carbamates (subject to hydrolysis) is 1. The lowest BCUT2D eigenvalue weighted by Crippen LogP contribution is -2.36. The second-order valence-corrected chi connectivity index (χ2v) is 7.35. The summed E-state index contributed by atoms with van der Waals surface area (Å²) in [4.78, 5) is 35.2. The quantitative estimate of drug-likeness (QED) is 0.460. The van der Waals surface area contributed by atoms with Crippen LogP contribution in [0.4, 0.5) is 9.18 Å². The monoisotopic (exact) mass is 431 g/mol. The normalized spacial score (nSPS) is 12.7. The van der Waals surface area contributed by atoms with Gasteiger partial charge in [0, 0.05) is 13.5 Å². The van der Waals surface area contributed by atoms with Crippen molar-refractivity contribution in [2.75, 3.05) is 6.54 Å². The largest absolute Gasteiger partial charge is 0.481 e. The summed E-state index contributed by atoms with van der Waals surface area (Å²) < 4.78 is 23.1. The van der Waals surface area contributed by atoms with Crippen molar-refractivity contribution in [1.29, 1.82) is 0 Å².